The first kappa shape index (κ1) is 17.1. The highest BCUT2D eigenvalue weighted by atomic mass is 35.5. The summed E-state index contributed by atoms with van der Waals surface area (Å²) in [5.74, 6) is 0.655. The second-order valence-electron chi connectivity index (χ2n) is 6.15. The molecule has 1 aromatic heterocycles. The number of pyridine rings is 1. The van der Waals surface area contributed by atoms with Crippen LogP contribution in [0.3, 0.4) is 0 Å². The normalized spacial score (nSPS) is 15.4. The Bertz CT molecular complexity index is 743. The molecule has 24 heavy (non-hydrogen) atoms. The fraction of sp³-hybridized carbons (Fsp3) is 0.333. The number of benzene rings is 1. The minimum Gasteiger partial charge on any atom is -0.354 e. The molecule has 0 bridgehead atoms. The van der Waals surface area contributed by atoms with Gasteiger partial charge in [0.05, 0.1) is 10.7 Å². The fourth-order valence-corrected chi connectivity index (χ4v) is 3.08. The van der Waals surface area contributed by atoms with Gasteiger partial charge in [-0.3, -0.25) is 9.78 Å². The second-order valence-corrected chi connectivity index (χ2v) is 7.00. The predicted molar refractivity (Wildman–Crippen MR) is 98.3 cm³/mol. The van der Waals surface area contributed by atoms with E-state index in [1.807, 2.05) is 4.90 Å². The number of carbonyl (C=O) groups is 1. The summed E-state index contributed by atoms with van der Waals surface area (Å²) in [6, 6.07) is 8.75. The SMILES string of the molecule is CC1CCN(C(=O)c2cc(Nc3cc(Cl)ccc3Cl)ccn2)CC1. The van der Waals surface area contributed by atoms with Gasteiger partial charge in [0.2, 0.25) is 0 Å². The van der Waals surface area contributed by atoms with Gasteiger partial charge in [-0.25, -0.2) is 0 Å². The molecular formula is C18H19Cl2N3O. The van der Waals surface area contributed by atoms with E-state index in [1.165, 1.54) is 0 Å². The maximum absolute atomic E-state index is 12.6. The van der Waals surface area contributed by atoms with Gasteiger partial charge in [-0.1, -0.05) is 30.1 Å². The van der Waals surface area contributed by atoms with Gasteiger partial charge in [0.1, 0.15) is 5.69 Å². The van der Waals surface area contributed by atoms with E-state index < -0.39 is 0 Å². The number of amides is 1. The molecule has 1 N–H and O–H groups in total. The molecule has 4 nitrogen and oxygen atoms in total. The first-order valence-corrected chi connectivity index (χ1v) is 8.76. The number of nitrogens with one attached hydrogen (secondary N) is 1. The lowest BCUT2D eigenvalue weighted by atomic mass is 9.99. The average molecular weight is 364 g/mol. The van der Waals surface area contributed by atoms with Crippen molar-refractivity contribution < 1.29 is 4.79 Å². The topological polar surface area (TPSA) is 45.2 Å². The van der Waals surface area contributed by atoms with Crippen LogP contribution < -0.4 is 5.32 Å². The van der Waals surface area contributed by atoms with E-state index in [-0.39, 0.29) is 5.91 Å². The highest BCUT2D eigenvalue weighted by Gasteiger charge is 2.22. The van der Waals surface area contributed by atoms with Gasteiger partial charge in [-0.05, 0) is 49.1 Å². The molecule has 126 valence electrons. The lowest BCUT2D eigenvalue weighted by Gasteiger charge is -2.30. The number of halogens is 2. The zero-order valence-electron chi connectivity index (χ0n) is 13.4. The fourth-order valence-electron chi connectivity index (χ4n) is 2.75. The predicted octanol–water partition coefficient (Wildman–Crippen LogP) is 5.00. The highest BCUT2D eigenvalue weighted by molar-refractivity contribution is 6.35. The van der Waals surface area contributed by atoms with Gasteiger partial charge in [0, 0.05) is 30.0 Å². The summed E-state index contributed by atoms with van der Waals surface area (Å²) >= 11 is 12.2. The molecule has 0 spiro atoms. The van der Waals surface area contributed by atoms with Crippen LogP contribution in [0.15, 0.2) is 36.5 Å². The third-order valence-electron chi connectivity index (χ3n) is 4.26. The lowest BCUT2D eigenvalue weighted by molar-refractivity contribution is 0.0691. The molecule has 1 saturated heterocycles. The molecule has 3 rings (SSSR count). The van der Waals surface area contributed by atoms with Gasteiger partial charge in [0.15, 0.2) is 0 Å². The van der Waals surface area contributed by atoms with Crippen molar-refractivity contribution in [3.63, 3.8) is 0 Å². The van der Waals surface area contributed by atoms with Crippen molar-refractivity contribution in [2.75, 3.05) is 18.4 Å². The van der Waals surface area contributed by atoms with Gasteiger partial charge < -0.3 is 10.2 Å². The van der Waals surface area contributed by atoms with E-state index in [0.29, 0.717) is 27.3 Å². The van der Waals surface area contributed by atoms with Crippen molar-refractivity contribution in [1.82, 2.24) is 9.88 Å². The molecule has 0 unspecified atom stereocenters. The van der Waals surface area contributed by atoms with Crippen molar-refractivity contribution in [3.05, 3.63) is 52.3 Å². The molecule has 0 radical (unpaired) electrons. The van der Waals surface area contributed by atoms with Crippen LogP contribution in [0.2, 0.25) is 10.0 Å². The van der Waals surface area contributed by atoms with E-state index in [4.69, 9.17) is 23.2 Å². The Morgan fingerprint density at radius 1 is 1.21 bits per heavy atom. The molecule has 1 fully saturated rings. The van der Waals surface area contributed by atoms with E-state index in [9.17, 15) is 4.79 Å². The third kappa shape index (κ3) is 4.00. The summed E-state index contributed by atoms with van der Waals surface area (Å²) < 4.78 is 0. The van der Waals surface area contributed by atoms with Crippen LogP contribution >= 0.6 is 23.2 Å². The number of nitrogens with zero attached hydrogens (tertiary/aromatic N) is 2. The van der Waals surface area contributed by atoms with Crippen LogP contribution in [0, 0.1) is 5.92 Å². The number of carbonyl (C=O) groups excluding carboxylic acids is 1. The Hall–Kier alpha value is -1.78. The highest BCUT2D eigenvalue weighted by Crippen LogP contribution is 2.28. The number of rotatable bonds is 3. The number of hydrogen-bond acceptors (Lipinski definition) is 3. The molecule has 1 aromatic carbocycles. The number of hydrogen-bond donors (Lipinski definition) is 1. The number of anilines is 2. The van der Waals surface area contributed by atoms with Crippen molar-refractivity contribution in [2.24, 2.45) is 5.92 Å². The molecule has 0 aliphatic carbocycles. The summed E-state index contributed by atoms with van der Waals surface area (Å²) in [7, 11) is 0. The Kier molecular flexibility index (Phi) is 5.27. The molecule has 1 aliphatic rings. The molecular weight excluding hydrogens is 345 g/mol. The zero-order valence-corrected chi connectivity index (χ0v) is 14.9. The van der Waals surface area contributed by atoms with Crippen LogP contribution in [-0.4, -0.2) is 28.9 Å². The van der Waals surface area contributed by atoms with Gasteiger partial charge in [-0.2, -0.15) is 0 Å². The second kappa shape index (κ2) is 7.41. The monoisotopic (exact) mass is 363 g/mol. The minimum absolute atomic E-state index is 0.0252. The van der Waals surface area contributed by atoms with E-state index >= 15 is 0 Å². The van der Waals surface area contributed by atoms with E-state index in [1.54, 1.807) is 36.5 Å². The molecule has 2 aromatic rings. The maximum atomic E-state index is 12.6. The van der Waals surface area contributed by atoms with Crippen LogP contribution in [-0.2, 0) is 0 Å². The third-order valence-corrected chi connectivity index (χ3v) is 4.82. The van der Waals surface area contributed by atoms with Crippen LogP contribution in [0.4, 0.5) is 11.4 Å². The van der Waals surface area contributed by atoms with Crippen molar-refractivity contribution in [2.45, 2.75) is 19.8 Å². The lowest BCUT2D eigenvalue weighted by Crippen LogP contribution is -2.38. The molecule has 2 heterocycles. The molecule has 0 atom stereocenters. The Morgan fingerprint density at radius 2 is 1.96 bits per heavy atom. The summed E-state index contributed by atoms with van der Waals surface area (Å²) in [6.07, 6.45) is 3.71. The number of piperidine rings is 1. The number of likely N-dealkylation sites (tertiary alicyclic amines) is 1. The largest absolute Gasteiger partial charge is 0.354 e. The summed E-state index contributed by atoms with van der Waals surface area (Å²) in [5.41, 5.74) is 1.89. The molecule has 6 heteroatoms. The average Bonchev–Trinajstić information content (AvgIpc) is 2.58. The minimum atomic E-state index is -0.0252. The molecule has 1 amide bonds. The molecule has 1 aliphatic heterocycles. The van der Waals surface area contributed by atoms with E-state index in [0.717, 1.165) is 31.6 Å². The van der Waals surface area contributed by atoms with Gasteiger partial charge >= 0.3 is 0 Å². The number of aromatic nitrogens is 1. The standard InChI is InChI=1S/C18H19Cl2N3O/c1-12-5-8-23(9-6-12)18(24)17-11-14(4-7-21-17)22-16-10-13(19)2-3-15(16)20/h2-4,7,10-12H,5-6,8-9H2,1H3,(H,21,22). The first-order valence-electron chi connectivity index (χ1n) is 8.00. The van der Waals surface area contributed by atoms with Crippen LogP contribution in [0.5, 0.6) is 0 Å². The smallest absolute Gasteiger partial charge is 0.272 e. The van der Waals surface area contributed by atoms with Crippen LogP contribution in [0.1, 0.15) is 30.3 Å². The quantitative estimate of drug-likeness (QED) is 0.833. The van der Waals surface area contributed by atoms with Gasteiger partial charge in [0.25, 0.3) is 5.91 Å². The van der Waals surface area contributed by atoms with Crippen molar-refractivity contribution >= 4 is 40.5 Å². The van der Waals surface area contributed by atoms with Crippen LogP contribution in [0.25, 0.3) is 0 Å². The van der Waals surface area contributed by atoms with Crippen molar-refractivity contribution in [3.8, 4) is 0 Å². The first-order chi connectivity index (χ1) is 11.5. The Morgan fingerprint density at radius 3 is 2.71 bits per heavy atom. The summed E-state index contributed by atoms with van der Waals surface area (Å²) in [6.45, 7) is 3.80. The summed E-state index contributed by atoms with van der Waals surface area (Å²) in [5, 5.41) is 4.35. The Balaban J connectivity index is 1.76. The summed E-state index contributed by atoms with van der Waals surface area (Å²) in [4.78, 5) is 18.7. The van der Waals surface area contributed by atoms with E-state index in [2.05, 4.69) is 17.2 Å². The Labute approximate surface area is 151 Å². The molecule has 0 saturated carbocycles. The maximum Gasteiger partial charge on any atom is 0.272 e. The zero-order chi connectivity index (χ0) is 17.1. The van der Waals surface area contributed by atoms with Gasteiger partial charge in [-0.15, -0.1) is 0 Å². The van der Waals surface area contributed by atoms with Crippen molar-refractivity contribution in [1.29, 1.82) is 0 Å².